The van der Waals surface area contributed by atoms with Gasteiger partial charge in [0.25, 0.3) is 0 Å². The summed E-state index contributed by atoms with van der Waals surface area (Å²) < 4.78 is 21.4. The lowest BCUT2D eigenvalue weighted by atomic mass is 9.90. The summed E-state index contributed by atoms with van der Waals surface area (Å²) in [4.78, 5) is 20.0. The molecule has 1 aliphatic rings. The molecule has 128 valence electrons. The Kier molecular flexibility index (Phi) is 4.84. The van der Waals surface area contributed by atoms with Crippen LogP contribution in [0.1, 0.15) is 37.1 Å². The molecule has 2 atom stereocenters. The van der Waals surface area contributed by atoms with E-state index in [0.717, 1.165) is 5.56 Å². The van der Waals surface area contributed by atoms with Crippen LogP contribution in [0.3, 0.4) is 0 Å². The van der Waals surface area contributed by atoms with Gasteiger partial charge in [0.05, 0.1) is 30.5 Å². The Morgan fingerprint density at radius 2 is 2.33 bits per heavy atom. The van der Waals surface area contributed by atoms with E-state index in [2.05, 4.69) is 20.4 Å². The van der Waals surface area contributed by atoms with Crippen LogP contribution in [0.5, 0.6) is 0 Å². The molecule has 0 radical (unpaired) electrons. The second-order valence-electron chi connectivity index (χ2n) is 5.84. The summed E-state index contributed by atoms with van der Waals surface area (Å²) in [5.41, 5.74) is 1.16. The van der Waals surface area contributed by atoms with Crippen LogP contribution in [-0.2, 0) is 9.53 Å². The van der Waals surface area contributed by atoms with Crippen LogP contribution < -0.4 is 5.32 Å². The van der Waals surface area contributed by atoms with Crippen LogP contribution in [0.4, 0.5) is 4.39 Å². The average molecular weight is 333 g/mol. The summed E-state index contributed by atoms with van der Waals surface area (Å²) >= 11 is 0. The van der Waals surface area contributed by atoms with Crippen molar-refractivity contribution >= 4 is 5.97 Å². The van der Waals surface area contributed by atoms with Crippen LogP contribution in [0.2, 0.25) is 0 Å². The van der Waals surface area contributed by atoms with Gasteiger partial charge >= 0.3 is 5.97 Å². The highest BCUT2D eigenvalue weighted by Gasteiger charge is 2.31. The van der Waals surface area contributed by atoms with Crippen molar-refractivity contribution in [3.63, 3.8) is 0 Å². The normalized spacial score (nSPS) is 20.8. The van der Waals surface area contributed by atoms with Gasteiger partial charge in [0.1, 0.15) is 6.33 Å². The van der Waals surface area contributed by atoms with E-state index < -0.39 is 5.82 Å². The minimum atomic E-state index is -0.525. The summed E-state index contributed by atoms with van der Waals surface area (Å²) in [6, 6.07) is -0.355. The summed E-state index contributed by atoms with van der Waals surface area (Å²) in [6.45, 7) is 4.60. The number of carbonyl (C=O) groups excluding carboxylic acids is 1. The number of halogens is 1. The van der Waals surface area contributed by atoms with E-state index in [1.54, 1.807) is 19.3 Å². The summed E-state index contributed by atoms with van der Waals surface area (Å²) in [5.74, 6) is -0.905. The summed E-state index contributed by atoms with van der Waals surface area (Å²) in [5, 5.41) is 7.31. The average Bonchev–Trinajstić information content (AvgIpc) is 3.01. The number of aryl methyl sites for hydroxylation is 1. The summed E-state index contributed by atoms with van der Waals surface area (Å²) in [7, 11) is 0. The van der Waals surface area contributed by atoms with Crippen molar-refractivity contribution < 1.29 is 13.9 Å². The molecule has 0 saturated carbocycles. The van der Waals surface area contributed by atoms with Crippen molar-refractivity contribution in [1.82, 2.24) is 25.1 Å². The second-order valence-corrected chi connectivity index (χ2v) is 5.84. The van der Waals surface area contributed by atoms with Crippen molar-refractivity contribution in [2.75, 3.05) is 13.2 Å². The highest BCUT2D eigenvalue weighted by Crippen LogP contribution is 2.29. The number of piperidine rings is 1. The van der Waals surface area contributed by atoms with E-state index in [0.29, 0.717) is 26.0 Å². The Bertz CT molecular complexity index is 733. The fraction of sp³-hybridized carbons (Fsp3) is 0.500. The number of hydrogen-bond donors (Lipinski definition) is 1. The molecule has 2 unspecified atom stereocenters. The second kappa shape index (κ2) is 7.04. The van der Waals surface area contributed by atoms with Crippen LogP contribution in [0.25, 0.3) is 5.82 Å². The van der Waals surface area contributed by atoms with Gasteiger partial charge in [-0.3, -0.25) is 4.79 Å². The number of nitrogens with zero attached hydrogens (tertiary/aromatic N) is 4. The van der Waals surface area contributed by atoms with E-state index in [1.165, 1.54) is 11.0 Å². The van der Waals surface area contributed by atoms with Crippen molar-refractivity contribution in [3.05, 3.63) is 35.8 Å². The first kappa shape index (κ1) is 16.5. The molecule has 7 nitrogen and oxygen atoms in total. The third kappa shape index (κ3) is 3.28. The Morgan fingerprint density at radius 1 is 1.50 bits per heavy atom. The first-order valence-electron chi connectivity index (χ1n) is 8.02. The summed E-state index contributed by atoms with van der Waals surface area (Å²) in [6.07, 6.45) is 5.78. The van der Waals surface area contributed by atoms with Gasteiger partial charge in [-0.25, -0.2) is 19.0 Å². The monoisotopic (exact) mass is 333 g/mol. The van der Waals surface area contributed by atoms with Crippen molar-refractivity contribution in [1.29, 1.82) is 0 Å². The molecule has 1 saturated heterocycles. The lowest BCUT2D eigenvalue weighted by molar-refractivity contribution is -0.149. The zero-order valence-corrected chi connectivity index (χ0v) is 13.7. The van der Waals surface area contributed by atoms with E-state index in [1.807, 2.05) is 6.92 Å². The third-order valence-electron chi connectivity index (χ3n) is 4.08. The van der Waals surface area contributed by atoms with Crippen molar-refractivity contribution in [3.8, 4) is 5.82 Å². The van der Waals surface area contributed by atoms with Gasteiger partial charge in [-0.15, -0.1) is 0 Å². The maximum Gasteiger partial charge on any atom is 0.309 e. The molecule has 3 rings (SSSR count). The quantitative estimate of drug-likeness (QED) is 0.858. The zero-order chi connectivity index (χ0) is 17.1. The molecule has 0 amide bonds. The Hall–Kier alpha value is -2.35. The smallest absolute Gasteiger partial charge is 0.309 e. The molecule has 0 bridgehead atoms. The lowest BCUT2D eigenvalue weighted by Gasteiger charge is -2.28. The number of nitrogens with one attached hydrogen (secondary N) is 1. The van der Waals surface area contributed by atoms with Crippen molar-refractivity contribution in [2.45, 2.75) is 32.7 Å². The molecule has 2 aromatic rings. The van der Waals surface area contributed by atoms with Gasteiger partial charge in [-0.05, 0) is 38.8 Å². The maximum atomic E-state index is 14.9. The fourth-order valence-corrected chi connectivity index (χ4v) is 2.90. The molecule has 24 heavy (non-hydrogen) atoms. The first-order chi connectivity index (χ1) is 11.6. The van der Waals surface area contributed by atoms with Crippen LogP contribution in [0.15, 0.2) is 18.7 Å². The molecule has 0 aromatic carbocycles. The van der Waals surface area contributed by atoms with Gasteiger partial charge in [0.2, 0.25) is 0 Å². The number of esters is 1. The van der Waals surface area contributed by atoms with E-state index in [4.69, 9.17) is 4.74 Å². The minimum Gasteiger partial charge on any atom is -0.466 e. The Labute approximate surface area is 139 Å². The van der Waals surface area contributed by atoms with Crippen LogP contribution >= 0.6 is 0 Å². The zero-order valence-electron chi connectivity index (χ0n) is 13.7. The van der Waals surface area contributed by atoms with Gasteiger partial charge in [-0.2, -0.15) is 5.10 Å². The number of rotatable bonds is 4. The molecule has 1 fully saturated rings. The Morgan fingerprint density at radius 3 is 3.04 bits per heavy atom. The molecule has 0 spiro atoms. The molecule has 3 heterocycles. The molecule has 8 heteroatoms. The highest BCUT2D eigenvalue weighted by atomic mass is 19.1. The maximum absolute atomic E-state index is 14.9. The predicted molar refractivity (Wildman–Crippen MR) is 83.9 cm³/mol. The van der Waals surface area contributed by atoms with E-state index >= 15 is 0 Å². The SMILES string of the molecule is CCOC(=O)C1CCNC(c2ncnc(-n3cc(C)cn3)c2F)C1. The van der Waals surface area contributed by atoms with Gasteiger partial charge in [0.15, 0.2) is 11.6 Å². The molecule has 1 aliphatic heterocycles. The van der Waals surface area contributed by atoms with Crippen LogP contribution in [0, 0.1) is 18.7 Å². The van der Waals surface area contributed by atoms with Crippen LogP contribution in [-0.4, -0.2) is 38.9 Å². The number of ether oxygens (including phenoxy) is 1. The fourth-order valence-electron chi connectivity index (χ4n) is 2.90. The predicted octanol–water partition coefficient (Wildman–Crippen LogP) is 1.71. The molecular formula is C16H20FN5O2. The van der Waals surface area contributed by atoms with Gasteiger partial charge < -0.3 is 10.1 Å². The standard InChI is InChI=1S/C16H20FN5O2/c1-3-24-16(23)11-4-5-18-12(6-11)14-13(17)15(20-9-19-14)22-8-10(2)7-21-22/h7-9,11-12,18H,3-6H2,1-2H3. The lowest BCUT2D eigenvalue weighted by Crippen LogP contribution is -2.36. The van der Waals surface area contributed by atoms with Gasteiger partial charge in [-0.1, -0.05) is 0 Å². The van der Waals surface area contributed by atoms with Crippen molar-refractivity contribution in [2.24, 2.45) is 5.92 Å². The highest BCUT2D eigenvalue weighted by molar-refractivity contribution is 5.72. The largest absolute Gasteiger partial charge is 0.466 e. The van der Waals surface area contributed by atoms with E-state index in [9.17, 15) is 9.18 Å². The number of hydrogen-bond acceptors (Lipinski definition) is 6. The topological polar surface area (TPSA) is 81.9 Å². The first-order valence-corrected chi connectivity index (χ1v) is 8.02. The molecular weight excluding hydrogens is 313 g/mol. The molecule has 0 aliphatic carbocycles. The molecule has 1 N–H and O–H groups in total. The van der Waals surface area contributed by atoms with E-state index in [-0.39, 0.29) is 29.4 Å². The number of aromatic nitrogens is 4. The number of carbonyl (C=O) groups is 1. The third-order valence-corrected chi connectivity index (χ3v) is 4.08. The molecule has 2 aromatic heterocycles. The Balaban J connectivity index is 1.85. The minimum absolute atomic E-state index is 0.105. The van der Waals surface area contributed by atoms with Gasteiger partial charge in [0, 0.05) is 6.20 Å².